The predicted octanol–water partition coefficient (Wildman–Crippen LogP) is 2.68. The molecule has 1 atom stereocenters. The van der Waals surface area contributed by atoms with Crippen LogP contribution in [-0.4, -0.2) is 26.1 Å². The van der Waals surface area contributed by atoms with Gasteiger partial charge in [-0.15, -0.1) is 5.10 Å². The number of aryl methyl sites for hydroxylation is 1. The second-order valence-corrected chi connectivity index (χ2v) is 4.88. The Morgan fingerprint density at radius 1 is 1.30 bits per heavy atom. The van der Waals surface area contributed by atoms with E-state index >= 15 is 0 Å². The predicted molar refractivity (Wildman–Crippen MR) is 75.5 cm³/mol. The molecule has 20 heavy (non-hydrogen) atoms. The molecule has 2 aromatic rings. The number of aromatic nitrogens is 3. The number of hydrogen-bond donors (Lipinski definition) is 1. The van der Waals surface area contributed by atoms with Crippen LogP contribution in [0.15, 0.2) is 36.5 Å². The van der Waals surface area contributed by atoms with Crippen molar-refractivity contribution < 1.29 is 9.90 Å². The Balaban J connectivity index is 1.90. The summed E-state index contributed by atoms with van der Waals surface area (Å²) < 4.78 is 1.85. The number of rotatable bonds is 7. The zero-order valence-corrected chi connectivity index (χ0v) is 11.6. The van der Waals surface area contributed by atoms with Crippen LogP contribution in [0.3, 0.4) is 0 Å². The smallest absolute Gasteiger partial charge is 0.303 e. The van der Waals surface area contributed by atoms with Gasteiger partial charge in [-0.3, -0.25) is 4.79 Å². The molecule has 5 nitrogen and oxygen atoms in total. The molecular weight excluding hydrogens is 254 g/mol. The summed E-state index contributed by atoms with van der Waals surface area (Å²) >= 11 is 0. The van der Waals surface area contributed by atoms with E-state index in [1.807, 2.05) is 29.1 Å². The van der Waals surface area contributed by atoms with Crippen molar-refractivity contribution in [2.75, 3.05) is 0 Å². The number of nitrogens with zero attached hydrogens (tertiary/aromatic N) is 3. The van der Waals surface area contributed by atoms with E-state index in [-0.39, 0.29) is 12.5 Å². The average Bonchev–Trinajstić information content (AvgIpc) is 2.92. The highest BCUT2D eigenvalue weighted by Gasteiger charge is 2.10. The number of benzene rings is 1. The summed E-state index contributed by atoms with van der Waals surface area (Å²) in [6.45, 7) is 2.08. The number of unbranched alkanes of at least 4 members (excludes halogenated alkanes) is 1. The van der Waals surface area contributed by atoms with Crippen molar-refractivity contribution in [1.29, 1.82) is 0 Å². The molecular formula is C15H19N3O2. The van der Waals surface area contributed by atoms with Gasteiger partial charge < -0.3 is 5.11 Å². The lowest BCUT2D eigenvalue weighted by Crippen LogP contribution is -2.07. The molecule has 5 heteroatoms. The Kier molecular flexibility index (Phi) is 4.87. The van der Waals surface area contributed by atoms with E-state index in [0.717, 1.165) is 18.5 Å². The normalized spacial score (nSPS) is 12.2. The Morgan fingerprint density at radius 2 is 2.05 bits per heavy atom. The number of carboxylic acid groups (broad SMARTS) is 1. The van der Waals surface area contributed by atoms with Crippen molar-refractivity contribution in [3.63, 3.8) is 0 Å². The molecule has 0 bridgehead atoms. The molecule has 1 N–H and O–H groups in total. The summed E-state index contributed by atoms with van der Waals surface area (Å²) in [6, 6.07) is 10.3. The molecule has 0 radical (unpaired) electrons. The minimum atomic E-state index is -0.744. The first-order valence-corrected chi connectivity index (χ1v) is 6.84. The first kappa shape index (κ1) is 14.2. The fourth-order valence-electron chi connectivity index (χ4n) is 2.08. The molecule has 2 rings (SSSR count). The molecule has 0 aliphatic rings. The molecule has 106 valence electrons. The molecule has 1 aromatic carbocycles. The highest BCUT2D eigenvalue weighted by molar-refractivity contribution is 5.66. The summed E-state index contributed by atoms with van der Waals surface area (Å²) in [5, 5.41) is 16.9. The van der Waals surface area contributed by atoms with Gasteiger partial charge in [0.05, 0.1) is 11.7 Å². The second-order valence-electron chi connectivity index (χ2n) is 4.88. The average molecular weight is 273 g/mol. The molecule has 0 fully saturated rings. The third-order valence-corrected chi connectivity index (χ3v) is 3.31. The van der Waals surface area contributed by atoms with Gasteiger partial charge in [-0.05, 0) is 31.7 Å². The van der Waals surface area contributed by atoms with Crippen LogP contribution < -0.4 is 0 Å². The molecule has 1 heterocycles. The van der Waals surface area contributed by atoms with Crippen molar-refractivity contribution >= 4 is 5.97 Å². The zero-order valence-electron chi connectivity index (χ0n) is 11.6. The molecule has 0 spiro atoms. The molecule has 1 aromatic heterocycles. The van der Waals surface area contributed by atoms with Crippen LogP contribution in [0.1, 0.15) is 43.5 Å². The summed E-state index contributed by atoms with van der Waals surface area (Å²) in [4.78, 5) is 10.4. The Bertz CT molecular complexity index is 551. The lowest BCUT2D eigenvalue weighted by Gasteiger charge is -2.10. The highest BCUT2D eigenvalue weighted by atomic mass is 16.4. The van der Waals surface area contributed by atoms with Crippen LogP contribution in [0, 0.1) is 0 Å². The quantitative estimate of drug-likeness (QED) is 0.787. The van der Waals surface area contributed by atoms with E-state index in [1.165, 1.54) is 5.56 Å². The first-order chi connectivity index (χ1) is 9.66. The van der Waals surface area contributed by atoms with Crippen LogP contribution in [0.5, 0.6) is 0 Å². The van der Waals surface area contributed by atoms with Crippen molar-refractivity contribution in [2.24, 2.45) is 0 Å². The number of carboxylic acids is 1. The van der Waals surface area contributed by atoms with Gasteiger partial charge in [0.2, 0.25) is 0 Å². The van der Waals surface area contributed by atoms with Gasteiger partial charge in [0.15, 0.2) is 0 Å². The standard InChI is InChI=1S/C15H19N3O2/c1-12(13-7-3-2-4-8-13)18-11-14(16-17-18)9-5-6-10-15(19)20/h2-4,7-8,11-12H,5-6,9-10H2,1H3,(H,19,20). The molecule has 0 saturated carbocycles. The fourth-order valence-corrected chi connectivity index (χ4v) is 2.08. The van der Waals surface area contributed by atoms with Crippen molar-refractivity contribution in [3.05, 3.63) is 47.8 Å². The van der Waals surface area contributed by atoms with E-state index in [4.69, 9.17) is 5.11 Å². The fraction of sp³-hybridized carbons (Fsp3) is 0.400. The Morgan fingerprint density at radius 3 is 2.75 bits per heavy atom. The maximum atomic E-state index is 10.4. The van der Waals surface area contributed by atoms with Crippen molar-refractivity contribution in [1.82, 2.24) is 15.0 Å². The van der Waals surface area contributed by atoms with E-state index < -0.39 is 5.97 Å². The van der Waals surface area contributed by atoms with Gasteiger partial charge in [-0.25, -0.2) is 4.68 Å². The zero-order chi connectivity index (χ0) is 14.4. The monoisotopic (exact) mass is 273 g/mol. The molecule has 0 amide bonds. The minimum Gasteiger partial charge on any atom is -0.481 e. The lowest BCUT2D eigenvalue weighted by atomic mass is 10.1. The van der Waals surface area contributed by atoms with Crippen LogP contribution >= 0.6 is 0 Å². The van der Waals surface area contributed by atoms with Gasteiger partial charge in [0.25, 0.3) is 0 Å². The number of hydrogen-bond acceptors (Lipinski definition) is 3. The third-order valence-electron chi connectivity index (χ3n) is 3.31. The van der Waals surface area contributed by atoms with E-state index in [2.05, 4.69) is 29.4 Å². The Labute approximate surface area is 118 Å². The molecule has 0 aliphatic carbocycles. The van der Waals surface area contributed by atoms with Crippen LogP contribution in [0.2, 0.25) is 0 Å². The third kappa shape index (κ3) is 3.91. The van der Waals surface area contributed by atoms with E-state index in [0.29, 0.717) is 6.42 Å². The molecule has 1 unspecified atom stereocenters. The minimum absolute atomic E-state index is 0.150. The largest absolute Gasteiger partial charge is 0.481 e. The molecule has 0 saturated heterocycles. The van der Waals surface area contributed by atoms with Gasteiger partial charge in [0.1, 0.15) is 0 Å². The lowest BCUT2D eigenvalue weighted by molar-refractivity contribution is -0.137. The number of aliphatic carboxylic acids is 1. The summed E-state index contributed by atoms with van der Waals surface area (Å²) in [5.41, 5.74) is 2.10. The van der Waals surface area contributed by atoms with Crippen LogP contribution in [0.4, 0.5) is 0 Å². The van der Waals surface area contributed by atoms with Crippen molar-refractivity contribution in [2.45, 2.75) is 38.6 Å². The van der Waals surface area contributed by atoms with Gasteiger partial charge in [-0.2, -0.15) is 0 Å². The summed E-state index contributed by atoms with van der Waals surface area (Å²) in [7, 11) is 0. The summed E-state index contributed by atoms with van der Waals surface area (Å²) in [5.74, 6) is -0.744. The number of carbonyl (C=O) groups is 1. The Hall–Kier alpha value is -2.17. The van der Waals surface area contributed by atoms with Crippen LogP contribution in [0.25, 0.3) is 0 Å². The highest BCUT2D eigenvalue weighted by Crippen LogP contribution is 2.16. The topological polar surface area (TPSA) is 68.0 Å². The maximum absolute atomic E-state index is 10.4. The van der Waals surface area contributed by atoms with Gasteiger partial charge in [0, 0.05) is 12.6 Å². The maximum Gasteiger partial charge on any atom is 0.303 e. The SMILES string of the molecule is CC(c1ccccc1)n1cc(CCCCC(=O)O)nn1. The van der Waals surface area contributed by atoms with Gasteiger partial charge >= 0.3 is 5.97 Å². The second kappa shape index (κ2) is 6.84. The molecule has 0 aliphatic heterocycles. The van der Waals surface area contributed by atoms with Crippen molar-refractivity contribution in [3.8, 4) is 0 Å². The summed E-state index contributed by atoms with van der Waals surface area (Å²) in [6.07, 6.45) is 4.43. The first-order valence-electron chi connectivity index (χ1n) is 6.84. The van der Waals surface area contributed by atoms with Crippen LogP contribution in [-0.2, 0) is 11.2 Å². The van der Waals surface area contributed by atoms with E-state index in [1.54, 1.807) is 0 Å². The van der Waals surface area contributed by atoms with E-state index in [9.17, 15) is 4.79 Å². The van der Waals surface area contributed by atoms with Gasteiger partial charge in [-0.1, -0.05) is 35.5 Å².